The Morgan fingerprint density at radius 2 is 1.52 bits per heavy atom. The molecule has 1 fully saturated rings. The van der Waals surface area contributed by atoms with E-state index >= 15 is 0 Å². The van der Waals surface area contributed by atoms with Gasteiger partial charge in [0.1, 0.15) is 11.5 Å². The number of benzene rings is 3. The highest BCUT2D eigenvalue weighted by atomic mass is 16.5. The van der Waals surface area contributed by atoms with Crippen LogP contribution in [0.25, 0.3) is 5.76 Å². The predicted octanol–water partition coefficient (Wildman–Crippen LogP) is 4.34. The van der Waals surface area contributed by atoms with E-state index in [1.54, 1.807) is 42.5 Å². The van der Waals surface area contributed by atoms with Gasteiger partial charge in [-0.3, -0.25) is 14.5 Å². The number of nitrogens with zero attached hydrogens (tertiary/aromatic N) is 1. The minimum atomic E-state index is -0.888. The second-order valence-electron chi connectivity index (χ2n) is 7.67. The molecule has 1 saturated heterocycles. The number of carbonyl (C=O) groups excluding carboxylic acids is 2. The van der Waals surface area contributed by atoms with Crippen LogP contribution in [0, 0.1) is 6.92 Å². The minimum absolute atomic E-state index is 0.0472. The third-order valence-electron chi connectivity index (χ3n) is 5.62. The molecule has 1 aliphatic heterocycles. The number of aliphatic hydroxyl groups excluding tert-OH is 1. The molecule has 2 N–H and O–H groups in total. The van der Waals surface area contributed by atoms with Crippen molar-refractivity contribution in [3.63, 3.8) is 0 Å². The first-order valence-corrected chi connectivity index (χ1v) is 10.2. The summed E-state index contributed by atoms with van der Waals surface area (Å²) >= 11 is 0. The van der Waals surface area contributed by atoms with E-state index in [2.05, 4.69) is 0 Å². The largest absolute Gasteiger partial charge is 0.508 e. The number of ether oxygens (including phenoxy) is 2. The molecule has 1 heterocycles. The summed E-state index contributed by atoms with van der Waals surface area (Å²) in [4.78, 5) is 27.7. The monoisotopic (exact) mass is 445 g/mol. The smallest absolute Gasteiger partial charge is 0.300 e. The average molecular weight is 445 g/mol. The van der Waals surface area contributed by atoms with Crippen LogP contribution in [0.4, 0.5) is 5.69 Å². The van der Waals surface area contributed by atoms with Crippen molar-refractivity contribution >= 4 is 23.1 Å². The lowest BCUT2D eigenvalue weighted by Crippen LogP contribution is -2.29. The molecule has 0 bridgehead atoms. The summed E-state index contributed by atoms with van der Waals surface area (Å²) in [6.07, 6.45) is 0. The fourth-order valence-electron chi connectivity index (χ4n) is 3.92. The van der Waals surface area contributed by atoms with Crippen LogP contribution in [-0.4, -0.2) is 36.1 Å². The van der Waals surface area contributed by atoms with Crippen LogP contribution in [0.2, 0.25) is 0 Å². The van der Waals surface area contributed by atoms with Gasteiger partial charge in [-0.05, 0) is 55.0 Å². The van der Waals surface area contributed by atoms with Crippen molar-refractivity contribution in [3.8, 4) is 17.2 Å². The van der Waals surface area contributed by atoms with Gasteiger partial charge >= 0.3 is 0 Å². The lowest BCUT2D eigenvalue weighted by Gasteiger charge is -2.25. The standard InChI is InChI=1S/C26H23NO6/c1-15-4-9-18(10-5-15)27-23(16-6-11-19(28)12-7-16)22(25(30)26(27)31)24(29)17-8-13-20(32-2)21(14-17)33-3/h4-14,23,28-29H,1-3H3/b24-22-. The SMILES string of the molecule is COc1ccc(/C(O)=C2/C(=O)C(=O)N(c3ccc(C)cc3)C2c2ccc(O)cc2)cc1OC. The Labute approximate surface area is 191 Å². The Hall–Kier alpha value is -4.26. The molecule has 1 amide bonds. The molecule has 1 aliphatic rings. The number of phenols is 1. The van der Waals surface area contributed by atoms with Crippen LogP contribution < -0.4 is 14.4 Å². The van der Waals surface area contributed by atoms with E-state index in [4.69, 9.17) is 9.47 Å². The van der Waals surface area contributed by atoms with Crippen LogP contribution in [0.5, 0.6) is 17.2 Å². The normalized spacial score (nSPS) is 17.3. The van der Waals surface area contributed by atoms with Gasteiger partial charge in [-0.1, -0.05) is 29.8 Å². The number of aromatic hydroxyl groups is 1. The number of hydrogen-bond acceptors (Lipinski definition) is 6. The number of ketones is 1. The maximum atomic E-state index is 13.2. The summed E-state index contributed by atoms with van der Waals surface area (Å²) in [5.74, 6) is -1.01. The van der Waals surface area contributed by atoms with Gasteiger partial charge in [-0.2, -0.15) is 0 Å². The number of amides is 1. The zero-order valence-corrected chi connectivity index (χ0v) is 18.4. The van der Waals surface area contributed by atoms with Gasteiger partial charge in [0.25, 0.3) is 11.7 Å². The third kappa shape index (κ3) is 3.89. The van der Waals surface area contributed by atoms with Crippen molar-refractivity contribution in [2.24, 2.45) is 0 Å². The van der Waals surface area contributed by atoms with E-state index in [0.29, 0.717) is 28.3 Å². The Morgan fingerprint density at radius 3 is 2.12 bits per heavy atom. The second kappa shape index (κ2) is 8.70. The van der Waals surface area contributed by atoms with Gasteiger partial charge in [-0.15, -0.1) is 0 Å². The summed E-state index contributed by atoms with van der Waals surface area (Å²) in [5, 5.41) is 21.0. The fraction of sp³-hybridized carbons (Fsp3) is 0.154. The zero-order valence-electron chi connectivity index (χ0n) is 18.4. The van der Waals surface area contributed by atoms with Gasteiger partial charge in [0.2, 0.25) is 0 Å². The van der Waals surface area contributed by atoms with E-state index in [9.17, 15) is 19.8 Å². The van der Waals surface area contributed by atoms with Gasteiger partial charge in [-0.25, -0.2) is 0 Å². The van der Waals surface area contributed by atoms with Gasteiger partial charge in [0, 0.05) is 11.3 Å². The molecule has 3 aromatic rings. The summed E-state index contributed by atoms with van der Waals surface area (Å²) in [6.45, 7) is 1.92. The number of rotatable bonds is 5. The lowest BCUT2D eigenvalue weighted by atomic mass is 9.95. The molecule has 3 aromatic carbocycles. The first kappa shape index (κ1) is 22.0. The van der Waals surface area contributed by atoms with E-state index in [-0.39, 0.29) is 17.1 Å². The molecule has 1 unspecified atom stereocenters. The number of hydrogen-bond donors (Lipinski definition) is 2. The number of anilines is 1. The highest BCUT2D eigenvalue weighted by molar-refractivity contribution is 6.51. The molecular formula is C26H23NO6. The van der Waals surface area contributed by atoms with Crippen molar-refractivity contribution in [1.82, 2.24) is 0 Å². The predicted molar refractivity (Wildman–Crippen MR) is 124 cm³/mol. The molecule has 0 spiro atoms. The lowest BCUT2D eigenvalue weighted by molar-refractivity contribution is -0.132. The minimum Gasteiger partial charge on any atom is -0.508 e. The van der Waals surface area contributed by atoms with E-state index in [0.717, 1.165) is 5.56 Å². The number of aryl methyl sites for hydroxylation is 1. The molecule has 0 aromatic heterocycles. The molecule has 0 aliphatic carbocycles. The van der Waals surface area contributed by atoms with Crippen LogP contribution in [-0.2, 0) is 9.59 Å². The molecule has 1 atom stereocenters. The van der Waals surface area contributed by atoms with Crippen molar-refractivity contribution < 1.29 is 29.3 Å². The number of Topliss-reactive ketones (excluding diaryl/α,β-unsaturated/α-hetero) is 1. The maximum Gasteiger partial charge on any atom is 0.300 e. The molecular weight excluding hydrogens is 422 g/mol. The number of aliphatic hydroxyl groups is 1. The van der Waals surface area contributed by atoms with E-state index in [1.807, 2.05) is 19.1 Å². The summed E-state index contributed by atoms with van der Waals surface area (Å²) in [7, 11) is 2.96. The van der Waals surface area contributed by atoms with Crippen LogP contribution in [0.3, 0.4) is 0 Å². The Bertz CT molecular complexity index is 1240. The van der Waals surface area contributed by atoms with Crippen molar-refractivity contribution in [2.45, 2.75) is 13.0 Å². The molecule has 0 radical (unpaired) electrons. The number of carbonyl (C=O) groups is 2. The van der Waals surface area contributed by atoms with Crippen molar-refractivity contribution in [2.75, 3.05) is 19.1 Å². The fourth-order valence-corrected chi connectivity index (χ4v) is 3.92. The molecule has 4 rings (SSSR count). The molecule has 168 valence electrons. The Kier molecular flexibility index (Phi) is 5.79. The Morgan fingerprint density at radius 1 is 0.879 bits per heavy atom. The van der Waals surface area contributed by atoms with Crippen LogP contribution in [0.15, 0.2) is 72.3 Å². The summed E-state index contributed by atoms with van der Waals surface area (Å²) < 4.78 is 10.6. The maximum absolute atomic E-state index is 13.2. The quantitative estimate of drug-likeness (QED) is 0.345. The summed E-state index contributed by atoms with van der Waals surface area (Å²) in [6, 6.07) is 17.2. The van der Waals surface area contributed by atoms with Crippen molar-refractivity contribution in [1.29, 1.82) is 0 Å². The third-order valence-corrected chi connectivity index (χ3v) is 5.62. The van der Waals surface area contributed by atoms with Gasteiger partial charge in [0.05, 0.1) is 25.8 Å². The zero-order chi connectivity index (χ0) is 23.7. The molecule has 0 saturated carbocycles. The topological polar surface area (TPSA) is 96.3 Å². The second-order valence-corrected chi connectivity index (χ2v) is 7.67. The molecule has 7 heteroatoms. The van der Waals surface area contributed by atoms with Gasteiger partial charge in [0.15, 0.2) is 11.5 Å². The number of phenolic OH excluding ortho intramolecular Hbond substituents is 1. The molecule has 7 nitrogen and oxygen atoms in total. The molecule has 33 heavy (non-hydrogen) atoms. The first-order chi connectivity index (χ1) is 15.8. The summed E-state index contributed by atoms with van der Waals surface area (Å²) in [5.41, 5.74) is 2.33. The number of methoxy groups -OCH3 is 2. The first-order valence-electron chi connectivity index (χ1n) is 10.2. The van der Waals surface area contributed by atoms with Crippen LogP contribution >= 0.6 is 0 Å². The van der Waals surface area contributed by atoms with E-state index < -0.39 is 17.7 Å². The van der Waals surface area contributed by atoms with Gasteiger partial charge < -0.3 is 19.7 Å². The van der Waals surface area contributed by atoms with Crippen molar-refractivity contribution in [3.05, 3.63) is 89.0 Å². The highest BCUT2D eigenvalue weighted by Crippen LogP contribution is 2.43. The van der Waals surface area contributed by atoms with E-state index in [1.165, 1.54) is 31.3 Å². The van der Waals surface area contributed by atoms with Crippen LogP contribution in [0.1, 0.15) is 22.7 Å². The Balaban J connectivity index is 1.93. The highest BCUT2D eigenvalue weighted by Gasteiger charge is 2.47. The average Bonchev–Trinajstić information content (AvgIpc) is 3.09.